The second-order valence-electron chi connectivity index (χ2n) is 9.91. The molecule has 1 aliphatic heterocycles. The van der Waals surface area contributed by atoms with Gasteiger partial charge in [0.15, 0.2) is 0 Å². The number of nitrogens with one attached hydrogen (secondary N) is 1. The van der Waals surface area contributed by atoms with Crippen LogP contribution in [0.4, 0.5) is 26.3 Å². The zero-order valence-electron chi connectivity index (χ0n) is 20.5. The summed E-state index contributed by atoms with van der Waals surface area (Å²) in [5.74, 6) is 0.446. The van der Waals surface area contributed by atoms with Crippen molar-refractivity contribution in [2.75, 3.05) is 39.3 Å². The minimum absolute atomic E-state index is 0.0609. The summed E-state index contributed by atoms with van der Waals surface area (Å²) in [4.78, 5) is 17.2. The van der Waals surface area contributed by atoms with Crippen LogP contribution >= 0.6 is 0 Å². The summed E-state index contributed by atoms with van der Waals surface area (Å²) >= 11 is 0. The summed E-state index contributed by atoms with van der Waals surface area (Å²) in [6.45, 7) is 5.22. The van der Waals surface area contributed by atoms with E-state index in [1.165, 1.54) is 12.8 Å². The third-order valence-electron chi connectivity index (χ3n) is 7.10. The summed E-state index contributed by atoms with van der Waals surface area (Å²) < 4.78 is 78.3. The number of carbonyl (C=O) groups excluding carboxylic acids is 1. The molecule has 0 radical (unpaired) electrons. The first kappa shape index (κ1) is 28.7. The van der Waals surface area contributed by atoms with Crippen LogP contribution in [-0.2, 0) is 23.6 Å². The summed E-state index contributed by atoms with van der Waals surface area (Å²) in [6, 6.07) is 1.45. The molecule has 2 fully saturated rings. The van der Waals surface area contributed by atoms with Gasteiger partial charge in [-0.2, -0.15) is 26.3 Å². The molecule has 1 aliphatic carbocycles. The van der Waals surface area contributed by atoms with Crippen molar-refractivity contribution >= 4 is 5.91 Å². The zero-order chi connectivity index (χ0) is 26.5. The quantitative estimate of drug-likeness (QED) is 0.424. The molecular formula is C25H35F6N3O2. The molecule has 36 heavy (non-hydrogen) atoms. The number of likely N-dealkylation sites (tertiary alicyclic amines) is 1. The standard InChI is InChI=1S/C25H35F6N3O2/c1-17(33-10-6-22(7-11-33)34(9-2-12-35)16-18-3-4-18)23(36)32-8-5-19-13-20(24(26,27)28)15-21(14-19)25(29,30)31/h13-15,17-18,22,35H,2-12,16H2,1H3,(H,32,36)/t17-/m0/s1. The van der Waals surface area contributed by atoms with E-state index < -0.39 is 29.5 Å². The number of hydrogen-bond acceptors (Lipinski definition) is 4. The Morgan fingerprint density at radius 3 is 2.14 bits per heavy atom. The first-order valence-electron chi connectivity index (χ1n) is 12.5. The van der Waals surface area contributed by atoms with E-state index in [1.54, 1.807) is 6.92 Å². The highest BCUT2D eigenvalue weighted by atomic mass is 19.4. The molecule has 1 atom stereocenters. The highest BCUT2D eigenvalue weighted by Crippen LogP contribution is 2.36. The summed E-state index contributed by atoms with van der Waals surface area (Å²) in [6.07, 6.45) is -4.89. The van der Waals surface area contributed by atoms with Gasteiger partial charge in [0.2, 0.25) is 5.91 Å². The van der Waals surface area contributed by atoms with E-state index in [0.717, 1.165) is 51.4 Å². The number of rotatable bonds is 11. The van der Waals surface area contributed by atoms with Crippen molar-refractivity contribution in [1.82, 2.24) is 15.1 Å². The SMILES string of the molecule is C[C@@H](C(=O)NCCc1cc(C(F)(F)F)cc(C(F)(F)F)c1)N1CCC(N(CCCO)CC2CC2)CC1. The van der Waals surface area contributed by atoms with Gasteiger partial charge in [-0.25, -0.2) is 0 Å². The lowest BCUT2D eigenvalue weighted by molar-refractivity contribution is -0.143. The van der Waals surface area contributed by atoms with Crippen molar-refractivity contribution in [2.24, 2.45) is 5.92 Å². The topological polar surface area (TPSA) is 55.8 Å². The second kappa shape index (κ2) is 12.1. The minimum atomic E-state index is -4.90. The van der Waals surface area contributed by atoms with E-state index in [4.69, 9.17) is 0 Å². The lowest BCUT2D eigenvalue weighted by Crippen LogP contribution is -2.52. The predicted molar refractivity (Wildman–Crippen MR) is 123 cm³/mol. The minimum Gasteiger partial charge on any atom is -0.396 e. The predicted octanol–water partition coefficient (Wildman–Crippen LogP) is 4.33. The lowest BCUT2D eigenvalue weighted by atomic mass is 10.0. The van der Waals surface area contributed by atoms with Gasteiger partial charge in [0, 0.05) is 45.4 Å². The van der Waals surface area contributed by atoms with E-state index in [-0.39, 0.29) is 37.1 Å². The molecule has 2 aliphatic rings. The number of hydrogen-bond donors (Lipinski definition) is 2. The van der Waals surface area contributed by atoms with Crippen LogP contribution in [0, 0.1) is 5.92 Å². The third-order valence-corrected chi connectivity index (χ3v) is 7.10. The van der Waals surface area contributed by atoms with Crippen LogP contribution in [0.5, 0.6) is 0 Å². The van der Waals surface area contributed by atoms with Crippen molar-refractivity contribution in [3.05, 3.63) is 34.9 Å². The van der Waals surface area contributed by atoms with Gasteiger partial charge in [0.1, 0.15) is 0 Å². The third kappa shape index (κ3) is 8.34. The Morgan fingerprint density at radius 2 is 1.64 bits per heavy atom. The van der Waals surface area contributed by atoms with E-state index in [2.05, 4.69) is 15.1 Å². The van der Waals surface area contributed by atoms with Gasteiger partial charge in [0.05, 0.1) is 17.2 Å². The summed E-state index contributed by atoms with van der Waals surface area (Å²) in [7, 11) is 0. The van der Waals surface area contributed by atoms with Gasteiger partial charge in [-0.1, -0.05) is 0 Å². The molecule has 1 saturated carbocycles. The fraction of sp³-hybridized carbons (Fsp3) is 0.720. The number of piperidine rings is 1. The Balaban J connectivity index is 1.50. The molecule has 0 aromatic heterocycles. The van der Waals surface area contributed by atoms with Gasteiger partial charge >= 0.3 is 12.4 Å². The largest absolute Gasteiger partial charge is 0.416 e. The molecule has 1 saturated heterocycles. The van der Waals surface area contributed by atoms with Crippen LogP contribution < -0.4 is 5.32 Å². The van der Waals surface area contributed by atoms with Crippen molar-refractivity contribution in [3.63, 3.8) is 0 Å². The molecule has 5 nitrogen and oxygen atoms in total. The maximum Gasteiger partial charge on any atom is 0.416 e. The number of benzene rings is 1. The molecule has 0 unspecified atom stereocenters. The number of aliphatic hydroxyl groups excluding tert-OH is 1. The molecule has 204 valence electrons. The van der Waals surface area contributed by atoms with Crippen LogP contribution in [0.25, 0.3) is 0 Å². The number of amides is 1. The molecule has 0 bridgehead atoms. The Hall–Kier alpha value is -1.85. The fourth-order valence-corrected chi connectivity index (χ4v) is 4.77. The summed E-state index contributed by atoms with van der Waals surface area (Å²) in [5, 5.41) is 11.9. The smallest absolute Gasteiger partial charge is 0.396 e. The van der Waals surface area contributed by atoms with E-state index in [1.807, 2.05) is 0 Å². The zero-order valence-corrected chi connectivity index (χ0v) is 20.5. The number of nitrogens with zero attached hydrogens (tertiary/aromatic N) is 2. The van der Waals surface area contributed by atoms with Gasteiger partial charge in [-0.05, 0) is 75.1 Å². The van der Waals surface area contributed by atoms with Crippen LogP contribution in [0.2, 0.25) is 0 Å². The molecule has 11 heteroatoms. The molecule has 1 amide bonds. The average molecular weight is 524 g/mol. The maximum absolute atomic E-state index is 13.0. The Labute approximate surface area is 207 Å². The van der Waals surface area contributed by atoms with Gasteiger partial charge in [-0.15, -0.1) is 0 Å². The van der Waals surface area contributed by atoms with E-state index >= 15 is 0 Å². The van der Waals surface area contributed by atoms with Crippen molar-refractivity contribution in [1.29, 1.82) is 0 Å². The van der Waals surface area contributed by atoms with Crippen LogP contribution in [0.15, 0.2) is 18.2 Å². The van der Waals surface area contributed by atoms with Crippen LogP contribution in [0.1, 0.15) is 55.7 Å². The van der Waals surface area contributed by atoms with Crippen LogP contribution in [-0.4, -0.2) is 72.2 Å². The van der Waals surface area contributed by atoms with Gasteiger partial charge in [0.25, 0.3) is 0 Å². The number of alkyl halides is 6. The molecular weight excluding hydrogens is 488 g/mol. The highest BCUT2D eigenvalue weighted by Gasteiger charge is 2.37. The number of halogens is 6. The van der Waals surface area contributed by atoms with E-state index in [0.29, 0.717) is 18.2 Å². The monoisotopic (exact) mass is 523 g/mol. The Bertz CT molecular complexity index is 832. The molecule has 1 aromatic rings. The Morgan fingerprint density at radius 1 is 1.06 bits per heavy atom. The molecule has 1 heterocycles. The molecule has 2 N–H and O–H groups in total. The average Bonchev–Trinajstić information content (AvgIpc) is 3.64. The molecule has 3 rings (SSSR count). The lowest BCUT2D eigenvalue weighted by Gasteiger charge is -2.40. The maximum atomic E-state index is 13.0. The number of aliphatic hydroxyl groups is 1. The normalized spacial score (nSPS) is 19.0. The van der Waals surface area contributed by atoms with E-state index in [9.17, 15) is 36.2 Å². The van der Waals surface area contributed by atoms with Crippen molar-refractivity contribution in [3.8, 4) is 0 Å². The van der Waals surface area contributed by atoms with Crippen molar-refractivity contribution < 1.29 is 36.2 Å². The Kier molecular flexibility index (Phi) is 9.68. The van der Waals surface area contributed by atoms with Gasteiger partial charge in [-0.3, -0.25) is 14.6 Å². The number of carbonyl (C=O) groups is 1. The first-order valence-corrected chi connectivity index (χ1v) is 12.5. The van der Waals surface area contributed by atoms with Gasteiger partial charge < -0.3 is 10.4 Å². The second-order valence-corrected chi connectivity index (χ2v) is 9.91. The summed E-state index contributed by atoms with van der Waals surface area (Å²) in [5.41, 5.74) is -2.85. The van der Waals surface area contributed by atoms with Crippen LogP contribution in [0.3, 0.4) is 0 Å². The van der Waals surface area contributed by atoms with Crippen molar-refractivity contribution in [2.45, 2.75) is 69.9 Å². The molecule has 1 aromatic carbocycles. The molecule has 0 spiro atoms. The fourth-order valence-electron chi connectivity index (χ4n) is 4.77. The highest BCUT2D eigenvalue weighted by molar-refractivity contribution is 5.81. The first-order chi connectivity index (χ1) is 16.9.